The summed E-state index contributed by atoms with van der Waals surface area (Å²) >= 11 is 6.11. The molecule has 5 rings (SSSR count). The molecule has 0 spiro atoms. The number of piperazine rings is 1. The van der Waals surface area contributed by atoms with Gasteiger partial charge < -0.3 is 9.80 Å². The lowest BCUT2D eigenvalue weighted by atomic mass is 10.1. The first-order valence-corrected chi connectivity index (χ1v) is 10.3. The third-order valence-electron chi connectivity index (χ3n) is 5.43. The van der Waals surface area contributed by atoms with Gasteiger partial charge in [0.15, 0.2) is 5.65 Å². The van der Waals surface area contributed by atoms with Crippen LogP contribution in [0, 0.1) is 11.6 Å². The molecule has 0 radical (unpaired) electrons. The van der Waals surface area contributed by atoms with Crippen molar-refractivity contribution in [3.8, 4) is 5.69 Å². The maximum atomic E-state index is 14.0. The molecule has 0 saturated carbocycles. The molecule has 0 aliphatic carbocycles. The molecule has 0 N–H and O–H groups in total. The van der Waals surface area contributed by atoms with Crippen LogP contribution in [0.15, 0.2) is 55.0 Å². The van der Waals surface area contributed by atoms with Gasteiger partial charge in [0.05, 0.1) is 22.8 Å². The van der Waals surface area contributed by atoms with Crippen molar-refractivity contribution in [1.82, 2.24) is 24.6 Å². The molecule has 0 unspecified atom stereocenters. The highest BCUT2D eigenvalue weighted by molar-refractivity contribution is 6.30. The molecular formula is C22H17ClF2N6O. The van der Waals surface area contributed by atoms with Crippen LogP contribution in [0.2, 0.25) is 5.02 Å². The van der Waals surface area contributed by atoms with E-state index in [1.807, 2.05) is 17.0 Å². The second-order valence-corrected chi connectivity index (χ2v) is 7.81. The number of amides is 1. The van der Waals surface area contributed by atoms with E-state index in [1.54, 1.807) is 27.9 Å². The van der Waals surface area contributed by atoms with Gasteiger partial charge in [-0.15, -0.1) is 0 Å². The van der Waals surface area contributed by atoms with Crippen molar-refractivity contribution in [3.05, 3.63) is 77.2 Å². The standard InChI is InChI=1S/C22H17ClF2N6O/c23-14-2-1-3-16(10-14)31-21-18(12-28-31)20(26-13-27-21)29-6-8-30(9-7-29)22(32)17-5-4-15(24)11-19(17)25/h1-5,10-13H,6-9H2. The zero-order valence-corrected chi connectivity index (χ0v) is 17.5. The molecule has 1 fully saturated rings. The van der Waals surface area contributed by atoms with Crippen molar-refractivity contribution in [2.75, 3.05) is 31.1 Å². The van der Waals surface area contributed by atoms with Crippen LogP contribution in [-0.2, 0) is 0 Å². The van der Waals surface area contributed by atoms with Crippen LogP contribution in [0.25, 0.3) is 16.7 Å². The molecule has 7 nitrogen and oxygen atoms in total. The molecule has 1 aliphatic heterocycles. The summed E-state index contributed by atoms with van der Waals surface area (Å²) in [5, 5.41) is 5.82. The van der Waals surface area contributed by atoms with Gasteiger partial charge in [-0.25, -0.2) is 23.4 Å². The van der Waals surface area contributed by atoms with Gasteiger partial charge in [0.1, 0.15) is 23.8 Å². The second kappa shape index (κ2) is 8.16. The summed E-state index contributed by atoms with van der Waals surface area (Å²) in [6.45, 7) is 1.76. The van der Waals surface area contributed by atoms with Gasteiger partial charge in [-0.1, -0.05) is 17.7 Å². The highest BCUT2D eigenvalue weighted by Gasteiger charge is 2.26. The van der Waals surface area contributed by atoms with Crippen LogP contribution in [0.4, 0.5) is 14.6 Å². The number of anilines is 1. The summed E-state index contributed by atoms with van der Waals surface area (Å²) in [5.74, 6) is -1.31. The zero-order valence-electron chi connectivity index (χ0n) is 16.8. The molecule has 2 aromatic carbocycles. The topological polar surface area (TPSA) is 67.2 Å². The first kappa shape index (κ1) is 20.3. The van der Waals surface area contributed by atoms with E-state index in [4.69, 9.17) is 11.6 Å². The van der Waals surface area contributed by atoms with Crippen molar-refractivity contribution in [2.45, 2.75) is 0 Å². The van der Waals surface area contributed by atoms with Crippen LogP contribution in [0.3, 0.4) is 0 Å². The Kier molecular flexibility index (Phi) is 5.18. The molecule has 0 bridgehead atoms. The summed E-state index contributed by atoms with van der Waals surface area (Å²) in [5.41, 5.74) is 1.30. The van der Waals surface area contributed by atoms with Crippen LogP contribution in [-0.4, -0.2) is 56.7 Å². The number of aromatic nitrogens is 4. The summed E-state index contributed by atoms with van der Waals surface area (Å²) in [6, 6.07) is 10.3. The predicted octanol–water partition coefficient (Wildman–Crippen LogP) is 3.71. The Balaban J connectivity index is 1.37. The van der Waals surface area contributed by atoms with Crippen LogP contribution in [0.5, 0.6) is 0 Å². The van der Waals surface area contributed by atoms with Gasteiger partial charge in [-0.2, -0.15) is 5.10 Å². The van der Waals surface area contributed by atoms with Crippen molar-refractivity contribution in [3.63, 3.8) is 0 Å². The summed E-state index contributed by atoms with van der Waals surface area (Å²) in [4.78, 5) is 25.1. The van der Waals surface area contributed by atoms with E-state index < -0.39 is 17.5 Å². The maximum absolute atomic E-state index is 14.0. The number of nitrogens with zero attached hydrogens (tertiary/aromatic N) is 6. The highest BCUT2D eigenvalue weighted by atomic mass is 35.5. The molecular weight excluding hydrogens is 438 g/mol. The monoisotopic (exact) mass is 454 g/mol. The van der Waals surface area contributed by atoms with Gasteiger partial charge in [-0.3, -0.25) is 4.79 Å². The Morgan fingerprint density at radius 3 is 2.56 bits per heavy atom. The molecule has 1 amide bonds. The summed E-state index contributed by atoms with van der Waals surface area (Å²) in [7, 11) is 0. The average Bonchev–Trinajstić information content (AvgIpc) is 3.23. The van der Waals surface area contributed by atoms with Crippen LogP contribution in [0.1, 0.15) is 10.4 Å². The number of carbonyl (C=O) groups is 1. The Morgan fingerprint density at radius 2 is 1.81 bits per heavy atom. The quantitative estimate of drug-likeness (QED) is 0.472. The number of hydrogen-bond donors (Lipinski definition) is 0. The third kappa shape index (κ3) is 3.64. The van der Waals surface area contributed by atoms with Crippen LogP contribution < -0.4 is 4.90 Å². The smallest absolute Gasteiger partial charge is 0.256 e. The lowest BCUT2D eigenvalue weighted by Gasteiger charge is -2.35. The van der Waals surface area contributed by atoms with E-state index in [0.717, 1.165) is 23.2 Å². The second-order valence-electron chi connectivity index (χ2n) is 7.37. The predicted molar refractivity (Wildman–Crippen MR) is 116 cm³/mol. The van der Waals surface area contributed by atoms with Gasteiger partial charge in [-0.05, 0) is 30.3 Å². The lowest BCUT2D eigenvalue weighted by Crippen LogP contribution is -2.49. The van der Waals surface area contributed by atoms with Gasteiger partial charge in [0.25, 0.3) is 5.91 Å². The van der Waals surface area contributed by atoms with Crippen molar-refractivity contribution in [2.24, 2.45) is 0 Å². The van der Waals surface area contributed by atoms with E-state index in [2.05, 4.69) is 15.1 Å². The Hall–Kier alpha value is -3.59. The fraction of sp³-hybridized carbons (Fsp3) is 0.182. The molecule has 1 aliphatic rings. The van der Waals surface area contributed by atoms with Crippen LogP contribution >= 0.6 is 11.6 Å². The normalized spacial score (nSPS) is 14.2. The minimum Gasteiger partial charge on any atom is -0.352 e. The Labute approximate surface area is 186 Å². The zero-order chi connectivity index (χ0) is 22.2. The highest BCUT2D eigenvalue weighted by Crippen LogP contribution is 2.26. The number of benzene rings is 2. The molecule has 162 valence electrons. The summed E-state index contributed by atoms with van der Waals surface area (Å²) in [6.07, 6.45) is 3.18. The minimum atomic E-state index is -0.858. The first-order chi connectivity index (χ1) is 15.5. The van der Waals surface area contributed by atoms with Gasteiger partial charge in [0, 0.05) is 37.3 Å². The fourth-order valence-electron chi connectivity index (χ4n) is 3.84. The van der Waals surface area contributed by atoms with Crippen molar-refractivity contribution < 1.29 is 13.6 Å². The minimum absolute atomic E-state index is 0.132. The molecule has 1 saturated heterocycles. The number of rotatable bonds is 3. The number of halogens is 3. The molecule has 2 aromatic heterocycles. The van der Waals surface area contributed by atoms with Gasteiger partial charge >= 0.3 is 0 Å². The largest absolute Gasteiger partial charge is 0.352 e. The average molecular weight is 455 g/mol. The molecule has 32 heavy (non-hydrogen) atoms. The molecule has 4 aromatic rings. The molecule has 3 heterocycles. The third-order valence-corrected chi connectivity index (χ3v) is 5.66. The van der Waals surface area contributed by atoms with E-state index in [-0.39, 0.29) is 5.56 Å². The fourth-order valence-corrected chi connectivity index (χ4v) is 4.02. The maximum Gasteiger partial charge on any atom is 0.256 e. The van der Waals surface area contributed by atoms with E-state index in [9.17, 15) is 13.6 Å². The Bertz CT molecular complexity index is 1320. The number of carbonyl (C=O) groups excluding carboxylic acids is 1. The number of fused-ring (bicyclic) bond motifs is 1. The molecule has 0 atom stereocenters. The van der Waals surface area contributed by atoms with Gasteiger partial charge in [0.2, 0.25) is 0 Å². The SMILES string of the molecule is O=C(c1ccc(F)cc1F)N1CCN(c2ncnc3c2cnn3-c2cccc(Cl)c2)CC1. The molecule has 10 heteroatoms. The Morgan fingerprint density at radius 1 is 1.00 bits per heavy atom. The van der Waals surface area contributed by atoms with E-state index >= 15 is 0 Å². The van der Waals surface area contributed by atoms with E-state index in [1.165, 1.54) is 12.4 Å². The number of hydrogen-bond acceptors (Lipinski definition) is 5. The van der Waals surface area contributed by atoms with Crippen molar-refractivity contribution in [1.29, 1.82) is 0 Å². The van der Waals surface area contributed by atoms with Crippen molar-refractivity contribution >= 4 is 34.4 Å². The lowest BCUT2D eigenvalue weighted by molar-refractivity contribution is 0.0742. The first-order valence-electron chi connectivity index (χ1n) is 9.95. The summed E-state index contributed by atoms with van der Waals surface area (Å²) < 4.78 is 28.9. The van der Waals surface area contributed by atoms with E-state index in [0.29, 0.717) is 42.7 Å².